The molecule has 3 aromatic heterocycles. The summed E-state index contributed by atoms with van der Waals surface area (Å²) >= 11 is 2.80. The van der Waals surface area contributed by atoms with Crippen LogP contribution in [0.5, 0.6) is 0 Å². The predicted molar refractivity (Wildman–Crippen MR) is 92.8 cm³/mol. The van der Waals surface area contributed by atoms with Crippen LogP contribution in [0.25, 0.3) is 4.96 Å². The highest BCUT2D eigenvalue weighted by Crippen LogP contribution is 2.29. The van der Waals surface area contributed by atoms with E-state index in [1.807, 2.05) is 9.95 Å². The molecule has 1 aliphatic carbocycles. The van der Waals surface area contributed by atoms with Gasteiger partial charge in [-0.1, -0.05) is 24.7 Å². The van der Waals surface area contributed by atoms with E-state index in [2.05, 4.69) is 11.9 Å². The van der Waals surface area contributed by atoms with Gasteiger partial charge in [0.1, 0.15) is 0 Å². The van der Waals surface area contributed by atoms with Crippen molar-refractivity contribution >= 4 is 27.6 Å². The molecule has 0 fully saturated rings. The number of fused-ring (bicyclic) bond motifs is 2. The first kappa shape index (κ1) is 14.8. The molecule has 3 heterocycles. The summed E-state index contributed by atoms with van der Waals surface area (Å²) in [5.41, 5.74) is 1.73. The Balaban J connectivity index is 1.72. The molecule has 3 aromatic rings. The van der Waals surface area contributed by atoms with E-state index in [9.17, 15) is 9.59 Å². The van der Waals surface area contributed by atoms with E-state index < -0.39 is 0 Å². The van der Waals surface area contributed by atoms with Crippen LogP contribution in [0, 0.1) is 5.92 Å². The van der Waals surface area contributed by atoms with Crippen molar-refractivity contribution in [3.63, 3.8) is 0 Å². The Morgan fingerprint density at radius 3 is 3.09 bits per heavy atom. The highest BCUT2D eigenvalue weighted by atomic mass is 32.1. The normalized spacial score (nSPS) is 17.5. The number of hydrogen-bond donors (Lipinski definition) is 0. The fourth-order valence-corrected chi connectivity index (χ4v) is 5.14. The molecule has 0 radical (unpaired) electrons. The van der Waals surface area contributed by atoms with Crippen molar-refractivity contribution in [3.05, 3.63) is 53.9 Å². The maximum atomic E-state index is 12.4. The zero-order valence-electron chi connectivity index (χ0n) is 12.8. The highest BCUT2D eigenvalue weighted by Gasteiger charge is 2.23. The van der Waals surface area contributed by atoms with Crippen LogP contribution in [0.3, 0.4) is 0 Å². The van der Waals surface area contributed by atoms with Crippen LogP contribution in [-0.4, -0.2) is 14.0 Å². The molecule has 0 amide bonds. The minimum atomic E-state index is -0.0885. The third kappa shape index (κ3) is 2.57. The van der Waals surface area contributed by atoms with Gasteiger partial charge < -0.3 is 0 Å². The minimum absolute atomic E-state index is 0.0694. The van der Waals surface area contributed by atoms with Crippen LogP contribution < -0.4 is 10.4 Å². The third-order valence-corrected chi connectivity index (χ3v) is 6.40. The Morgan fingerprint density at radius 2 is 2.26 bits per heavy atom. The maximum Gasteiger partial charge on any atom is 0.307 e. The first-order chi connectivity index (χ1) is 11.2. The van der Waals surface area contributed by atoms with Crippen LogP contribution in [0.1, 0.15) is 36.0 Å². The van der Waals surface area contributed by atoms with Gasteiger partial charge in [-0.25, -0.2) is 4.98 Å². The molecule has 0 aliphatic heterocycles. The molecule has 0 N–H and O–H groups in total. The molecule has 1 atom stereocenters. The van der Waals surface area contributed by atoms with Crippen molar-refractivity contribution in [3.8, 4) is 0 Å². The molecule has 23 heavy (non-hydrogen) atoms. The third-order valence-electron chi connectivity index (χ3n) is 4.60. The molecule has 1 unspecified atom stereocenters. The number of rotatable bonds is 3. The maximum absolute atomic E-state index is 12.4. The molecule has 0 saturated heterocycles. The van der Waals surface area contributed by atoms with Gasteiger partial charge in [0.15, 0.2) is 4.96 Å². The Kier molecular flexibility index (Phi) is 3.69. The van der Waals surface area contributed by atoms with E-state index in [1.54, 1.807) is 6.20 Å². The Labute approximate surface area is 140 Å². The van der Waals surface area contributed by atoms with Crippen molar-refractivity contribution in [2.45, 2.75) is 39.2 Å². The first-order valence-corrected chi connectivity index (χ1v) is 9.52. The molecule has 4 rings (SSSR count). The smallest absolute Gasteiger partial charge is 0.297 e. The summed E-state index contributed by atoms with van der Waals surface area (Å²) < 4.78 is 3.35. The van der Waals surface area contributed by atoms with E-state index in [4.69, 9.17) is 0 Å². The number of hydrogen-bond acceptors (Lipinski definition) is 5. The Bertz CT molecular complexity index is 979. The van der Waals surface area contributed by atoms with Gasteiger partial charge in [-0.15, -0.1) is 11.3 Å². The highest BCUT2D eigenvalue weighted by molar-refractivity contribution is 7.15. The van der Waals surface area contributed by atoms with Crippen LogP contribution in [0.15, 0.2) is 27.2 Å². The quantitative estimate of drug-likeness (QED) is 0.732. The van der Waals surface area contributed by atoms with E-state index in [0.29, 0.717) is 23.1 Å². The van der Waals surface area contributed by atoms with Crippen LogP contribution in [-0.2, 0) is 19.4 Å². The van der Waals surface area contributed by atoms with Crippen molar-refractivity contribution in [1.29, 1.82) is 0 Å². The lowest BCUT2D eigenvalue weighted by Gasteiger charge is -2.21. The average molecular weight is 347 g/mol. The molecule has 0 aromatic carbocycles. The summed E-state index contributed by atoms with van der Waals surface area (Å²) in [6.07, 6.45) is 5.99. The van der Waals surface area contributed by atoms with Gasteiger partial charge in [-0.05, 0) is 25.2 Å². The van der Waals surface area contributed by atoms with Crippen molar-refractivity contribution in [1.82, 2.24) is 14.0 Å². The number of thiazole rings is 2. The lowest BCUT2D eigenvalue weighted by molar-refractivity contribution is 0.437. The zero-order valence-corrected chi connectivity index (χ0v) is 14.5. The summed E-state index contributed by atoms with van der Waals surface area (Å²) in [5, 5.41) is 1.84. The van der Waals surface area contributed by atoms with Gasteiger partial charge in [-0.3, -0.25) is 18.6 Å². The van der Waals surface area contributed by atoms with Crippen molar-refractivity contribution < 1.29 is 0 Å². The first-order valence-electron chi connectivity index (χ1n) is 7.83. The molecule has 120 valence electrons. The lowest BCUT2D eigenvalue weighted by atomic mass is 9.89. The fraction of sp³-hybridized carbons (Fsp3) is 0.438. The molecular formula is C16H17N3O2S2. The summed E-state index contributed by atoms with van der Waals surface area (Å²) in [6.45, 7) is 2.61. The van der Waals surface area contributed by atoms with E-state index >= 15 is 0 Å². The second-order valence-corrected chi connectivity index (χ2v) is 7.90. The van der Waals surface area contributed by atoms with Gasteiger partial charge in [0.2, 0.25) is 0 Å². The van der Waals surface area contributed by atoms with Crippen LogP contribution in [0.2, 0.25) is 0 Å². The Hall–Kier alpha value is -1.73. The molecule has 0 bridgehead atoms. The van der Waals surface area contributed by atoms with Gasteiger partial charge >= 0.3 is 4.87 Å². The summed E-state index contributed by atoms with van der Waals surface area (Å²) in [5.74, 6) is 0.694. The van der Waals surface area contributed by atoms with Crippen molar-refractivity contribution in [2.75, 3.05) is 0 Å². The summed E-state index contributed by atoms with van der Waals surface area (Å²) in [4.78, 5) is 31.0. The van der Waals surface area contributed by atoms with Gasteiger partial charge in [0.25, 0.3) is 5.56 Å². The second-order valence-electron chi connectivity index (χ2n) is 5.98. The van der Waals surface area contributed by atoms with Crippen molar-refractivity contribution in [2.24, 2.45) is 5.92 Å². The fourth-order valence-electron chi connectivity index (χ4n) is 3.26. The standard InChI is InChI=1S/C16H17N3O2S2/c1-2-10-3-4-12-13(7-10)23-16(21)19(12)9-11-8-14(20)18-5-6-22-15(18)17-11/h5-6,8,10H,2-4,7,9H2,1H3. The molecule has 0 spiro atoms. The second kappa shape index (κ2) is 5.72. The summed E-state index contributed by atoms with van der Waals surface area (Å²) in [7, 11) is 0. The summed E-state index contributed by atoms with van der Waals surface area (Å²) in [6, 6.07) is 1.54. The average Bonchev–Trinajstić information content (AvgIpc) is 3.12. The van der Waals surface area contributed by atoms with E-state index in [1.165, 1.54) is 44.4 Å². The van der Waals surface area contributed by atoms with E-state index in [0.717, 1.165) is 25.0 Å². The number of nitrogens with zero attached hydrogens (tertiary/aromatic N) is 3. The largest absolute Gasteiger partial charge is 0.307 e. The van der Waals surface area contributed by atoms with Gasteiger partial charge in [-0.2, -0.15) is 0 Å². The minimum Gasteiger partial charge on any atom is -0.297 e. The molecule has 1 aliphatic rings. The zero-order chi connectivity index (χ0) is 16.0. The number of aromatic nitrogens is 3. The lowest BCUT2D eigenvalue weighted by Crippen LogP contribution is -2.22. The molecule has 5 nitrogen and oxygen atoms in total. The van der Waals surface area contributed by atoms with E-state index in [-0.39, 0.29) is 10.4 Å². The predicted octanol–water partition coefficient (Wildman–Crippen LogP) is 2.54. The van der Waals surface area contributed by atoms with Crippen LogP contribution >= 0.6 is 22.7 Å². The monoisotopic (exact) mass is 347 g/mol. The SMILES string of the molecule is CCC1CCc2c(sc(=O)n2Cc2cc(=O)n3ccsc3n2)C1. The van der Waals surface area contributed by atoms with Gasteiger partial charge in [0, 0.05) is 28.2 Å². The van der Waals surface area contributed by atoms with Crippen LogP contribution in [0.4, 0.5) is 0 Å². The Morgan fingerprint density at radius 1 is 1.39 bits per heavy atom. The molecule has 7 heteroatoms. The topological polar surface area (TPSA) is 56.4 Å². The molecular weight excluding hydrogens is 330 g/mol. The molecule has 0 saturated carbocycles. The van der Waals surface area contributed by atoms with Gasteiger partial charge in [0.05, 0.1) is 12.2 Å².